The lowest BCUT2D eigenvalue weighted by Crippen LogP contribution is -2.32. The Kier molecular flexibility index (Phi) is 5.20. The van der Waals surface area contributed by atoms with Crippen LogP contribution in [0.5, 0.6) is 0 Å². The molecule has 0 radical (unpaired) electrons. The van der Waals surface area contributed by atoms with Crippen molar-refractivity contribution in [3.8, 4) is 0 Å². The second-order valence-electron chi connectivity index (χ2n) is 6.47. The Balaban J connectivity index is 2.85. The summed E-state index contributed by atoms with van der Waals surface area (Å²) in [6, 6.07) is 0. The number of nitrogens with zero attached hydrogens (tertiary/aromatic N) is 2. The summed E-state index contributed by atoms with van der Waals surface area (Å²) in [6.07, 6.45) is 1.42. The molecule has 1 aliphatic rings. The van der Waals surface area contributed by atoms with E-state index in [-0.39, 0.29) is 5.41 Å². The van der Waals surface area contributed by atoms with Crippen molar-refractivity contribution in [1.82, 2.24) is 9.80 Å². The minimum absolute atomic E-state index is 0.191. The Morgan fingerprint density at radius 2 is 1.60 bits per heavy atom. The molecule has 0 unspecified atom stereocenters. The van der Waals surface area contributed by atoms with Crippen LogP contribution in [-0.4, -0.2) is 49.0 Å². The van der Waals surface area contributed by atoms with E-state index < -0.39 is 12.1 Å². The summed E-state index contributed by atoms with van der Waals surface area (Å²) in [4.78, 5) is 27.5. The molecule has 1 rings (SSSR count). The van der Waals surface area contributed by atoms with Crippen molar-refractivity contribution in [2.45, 2.75) is 40.5 Å². The van der Waals surface area contributed by atoms with Crippen molar-refractivity contribution in [1.29, 1.82) is 0 Å². The molecule has 1 amide bonds. The van der Waals surface area contributed by atoms with Gasteiger partial charge in [-0.25, -0.2) is 9.59 Å². The normalized spacial score (nSPS) is 16.8. The molecule has 0 bridgehead atoms. The number of allylic oxidation sites excluding steroid dienone is 1. The van der Waals surface area contributed by atoms with E-state index in [1.165, 1.54) is 0 Å². The molecule has 1 heterocycles. The first-order valence-electron chi connectivity index (χ1n) is 7.04. The summed E-state index contributed by atoms with van der Waals surface area (Å²) in [6.45, 7) is 9.15. The van der Waals surface area contributed by atoms with Crippen LogP contribution in [0.2, 0.25) is 0 Å². The maximum atomic E-state index is 12.1. The number of likely N-dealkylation sites (tertiary alicyclic amines) is 1. The van der Waals surface area contributed by atoms with Crippen LogP contribution in [0.25, 0.3) is 0 Å². The van der Waals surface area contributed by atoms with Gasteiger partial charge in [-0.3, -0.25) is 0 Å². The van der Waals surface area contributed by atoms with Crippen LogP contribution in [0.4, 0.5) is 4.79 Å². The van der Waals surface area contributed by atoms with E-state index in [9.17, 15) is 9.59 Å². The minimum Gasteiger partial charge on any atom is -0.380 e. The predicted octanol–water partition coefficient (Wildman–Crippen LogP) is 2.63. The molecule has 0 spiro atoms. The van der Waals surface area contributed by atoms with Crippen LogP contribution < -0.4 is 0 Å². The predicted molar refractivity (Wildman–Crippen MR) is 78.1 cm³/mol. The van der Waals surface area contributed by atoms with Gasteiger partial charge in [0.15, 0.2) is 0 Å². The fraction of sp³-hybridized carbons (Fsp3) is 0.733. The lowest BCUT2D eigenvalue weighted by atomic mass is 9.88. The van der Waals surface area contributed by atoms with Crippen LogP contribution in [0.1, 0.15) is 40.5 Å². The molecule has 0 N–H and O–H groups in total. The third-order valence-electron chi connectivity index (χ3n) is 3.36. The number of esters is 1. The van der Waals surface area contributed by atoms with Gasteiger partial charge in [0.25, 0.3) is 0 Å². The molecule has 5 nitrogen and oxygen atoms in total. The Morgan fingerprint density at radius 1 is 1.10 bits per heavy atom. The van der Waals surface area contributed by atoms with Crippen molar-refractivity contribution in [2.24, 2.45) is 5.41 Å². The largest absolute Gasteiger partial charge is 0.417 e. The third-order valence-corrected chi connectivity index (χ3v) is 3.36. The third kappa shape index (κ3) is 3.99. The molecule has 0 aromatic heterocycles. The summed E-state index contributed by atoms with van der Waals surface area (Å²) in [5.74, 6) is -0.555. The van der Waals surface area contributed by atoms with Gasteiger partial charge in [0.05, 0.1) is 5.57 Å². The molecule has 20 heavy (non-hydrogen) atoms. The fourth-order valence-electron chi connectivity index (χ4n) is 2.79. The topological polar surface area (TPSA) is 49.9 Å². The van der Waals surface area contributed by atoms with E-state index in [0.29, 0.717) is 18.7 Å². The Hall–Kier alpha value is -1.52. The first-order chi connectivity index (χ1) is 9.14. The quantitative estimate of drug-likeness (QED) is 0.444. The van der Waals surface area contributed by atoms with Crippen molar-refractivity contribution < 1.29 is 14.3 Å². The SMILES string of the molecule is CC(C(=O)OC(=O)N1CCCC1)=C(N(C)C)C(C)(C)C. The molecule has 0 atom stereocenters. The zero-order valence-electron chi connectivity index (χ0n) is 13.4. The first kappa shape index (κ1) is 16.5. The van der Waals surface area contributed by atoms with Crippen LogP contribution >= 0.6 is 0 Å². The van der Waals surface area contributed by atoms with Gasteiger partial charge in [0, 0.05) is 38.3 Å². The summed E-state index contributed by atoms with van der Waals surface area (Å²) in [5.41, 5.74) is 1.16. The van der Waals surface area contributed by atoms with Crippen molar-refractivity contribution in [3.05, 3.63) is 11.3 Å². The second-order valence-corrected chi connectivity index (χ2v) is 6.47. The van der Waals surface area contributed by atoms with Crippen molar-refractivity contribution in [3.63, 3.8) is 0 Å². The van der Waals surface area contributed by atoms with Gasteiger partial charge < -0.3 is 14.5 Å². The number of carbonyl (C=O) groups is 2. The molecule has 1 fully saturated rings. The number of carbonyl (C=O) groups excluding carboxylic acids is 2. The highest BCUT2D eigenvalue weighted by Crippen LogP contribution is 2.30. The number of hydrogen-bond acceptors (Lipinski definition) is 4. The standard InChI is InChI=1S/C15H26N2O3/c1-11(12(16(5)6)15(2,3)4)13(18)20-14(19)17-9-7-8-10-17/h7-10H2,1-6H3. The van der Waals surface area contributed by atoms with E-state index in [0.717, 1.165) is 18.5 Å². The monoisotopic (exact) mass is 282 g/mol. The number of amides is 1. The van der Waals surface area contributed by atoms with Gasteiger partial charge >= 0.3 is 12.1 Å². The zero-order valence-corrected chi connectivity index (χ0v) is 13.4. The van der Waals surface area contributed by atoms with Gasteiger partial charge in [-0.15, -0.1) is 0 Å². The van der Waals surface area contributed by atoms with Gasteiger partial charge in [-0.1, -0.05) is 20.8 Å². The molecular formula is C15H26N2O3. The average molecular weight is 282 g/mol. The van der Waals surface area contributed by atoms with Gasteiger partial charge in [-0.2, -0.15) is 0 Å². The van der Waals surface area contributed by atoms with E-state index in [1.54, 1.807) is 11.8 Å². The summed E-state index contributed by atoms with van der Waals surface area (Å²) >= 11 is 0. The number of rotatable bonds is 2. The Morgan fingerprint density at radius 3 is 2.00 bits per heavy atom. The van der Waals surface area contributed by atoms with E-state index in [1.807, 2.05) is 39.8 Å². The smallest absolute Gasteiger partial charge is 0.380 e. The minimum atomic E-state index is -0.555. The maximum absolute atomic E-state index is 12.1. The fourth-order valence-corrected chi connectivity index (χ4v) is 2.79. The molecule has 0 aliphatic carbocycles. The van der Waals surface area contributed by atoms with E-state index >= 15 is 0 Å². The van der Waals surface area contributed by atoms with Crippen LogP contribution in [0, 0.1) is 5.41 Å². The highest BCUT2D eigenvalue weighted by Gasteiger charge is 2.28. The Bertz CT molecular complexity index is 413. The van der Waals surface area contributed by atoms with Gasteiger partial charge in [-0.05, 0) is 19.8 Å². The van der Waals surface area contributed by atoms with E-state index in [4.69, 9.17) is 4.74 Å². The highest BCUT2D eigenvalue weighted by atomic mass is 16.6. The summed E-state index contributed by atoms with van der Waals surface area (Å²) < 4.78 is 4.99. The Labute approximate surface area is 121 Å². The zero-order chi connectivity index (χ0) is 15.5. The maximum Gasteiger partial charge on any atom is 0.417 e. The van der Waals surface area contributed by atoms with Gasteiger partial charge in [0.2, 0.25) is 0 Å². The summed E-state index contributed by atoms with van der Waals surface area (Å²) in [5, 5.41) is 0. The highest BCUT2D eigenvalue weighted by molar-refractivity contribution is 5.96. The molecule has 1 saturated heterocycles. The lowest BCUT2D eigenvalue weighted by molar-refractivity contribution is -0.134. The summed E-state index contributed by atoms with van der Waals surface area (Å²) in [7, 11) is 3.78. The lowest BCUT2D eigenvalue weighted by Gasteiger charge is -2.31. The molecule has 114 valence electrons. The second kappa shape index (κ2) is 6.29. The molecule has 5 heteroatoms. The molecular weight excluding hydrogens is 256 g/mol. The molecule has 0 aromatic rings. The van der Waals surface area contributed by atoms with Crippen LogP contribution in [-0.2, 0) is 9.53 Å². The number of ether oxygens (including phenoxy) is 1. The van der Waals surface area contributed by atoms with Gasteiger partial charge in [0.1, 0.15) is 0 Å². The van der Waals surface area contributed by atoms with Crippen LogP contribution in [0.3, 0.4) is 0 Å². The average Bonchev–Trinajstić information content (AvgIpc) is 2.79. The van der Waals surface area contributed by atoms with E-state index in [2.05, 4.69) is 0 Å². The van der Waals surface area contributed by atoms with Crippen LogP contribution in [0.15, 0.2) is 11.3 Å². The molecule has 0 saturated carbocycles. The molecule has 0 aromatic carbocycles. The molecule has 1 aliphatic heterocycles. The van der Waals surface area contributed by atoms with Crippen molar-refractivity contribution >= 4 is 12.1 Å². The number of hydrogen-bond donors (Lipinski definition) is 0. The first-order valence-corrected chi connectivity index (χ1v) is 7.04. The van der Waals surface area contributed by atoms with Crippen molar-refractivity contribution in [2.75, 3.05) is 27.2 Å².